The van der Waals surface area contributed by atoms with Gasteiger partial charge in [-0.2, -0.15) is 21.0 Å². The summed E-state index contributed by atoms with van der Waals surface area (Å²) >= 11 is 2.59. The zero-order chi connectivity index (χ0) is 56.0. The van der Waals surface area contributed by atoms with E-state index in [9.17, 15) is 21.0 Å². The Kier molecular flexibility index (Phi) is 34.4. The van der Waals surface area contributed by atoms with Crippen LogP contribution in [0.5, 0.6) is 0 Å². The van der Waals surface area contributed by atoms with Crippen LogP contribution < -0.4 is 18.1 Å². The second-order valence-electron chi connectivity index (χ2n) is 23.0. The molecule has 2 aliphatic rings. The summed E-state index contributed by atoms with van der Waals surface area (Å²) in [4.78, 5) is 34.5. The second kappa shape index (κ2) is 40.7. The Morgan fingerprint density at radius 3 is 0.872 bits per heavy atom. The molecule has 0 atom stereocenters. The number of nitriles is 4. The minimum Gasteiger partial charge on any atom is -0.306 e. The number of rotatable bonds is 44. The van der Waals surface area contributed by atoms with E-state index in [1.807, 2.05) is 46.2 Å². The van der Waals surface area contributed by atoms with Gasteiger partial charge in [0.25, 0.3) is 11.8 Å². The average Bonchev–Trinajstić information content (AvgIpc) is 4.45. The van der Waals surface area contributed by atoms with Gasteiger partial charge in [-0.05, 0) is 61.8 Å². The van der Waals surface area contributed by atoms with Crippen LogP contribution in [0.3, 0.4) is 0 Å². The lowest BCUT2D eigenvalue weighted by molar-refractivity contribution is -0.123. The molecule has 2 aromatic rings. The number of thiophene rings is 2. The molecule has 0 unspecified atom stereocenters. The largest absolute Gasteiger partial charge is 0.306 e. The van der Waals surface area contributed by atoms with E-state index in [-0.39, 0.29) is 23.0 Å². The van der Waals surface area contributed by atoms with Crippen LogP contribution in [0.25, 0.3) is 22.5 Å². The molecule has 428 valence electrons. The highest BCUT2D eigenvalue weighted by Crippen LogP contribution is 2.43. The fourth-order valence-electron chi connectivity index (χ4n) is 12.0. The van der Waals surface area contributed by atoms with E-state index in [2.05, 4.69) is 27.7 Å². The van der Waals surface area contributed by atoms with Crippen LogP contribution in [-0.2, 0) is 9.59 Å². The van der Waals surface area contributed by atoms with Gasteiger partial charge < -0.3 is 9.80 Å². The first-order valence-corrected chi connectivity index (χ1v) is 33.6. The van der Waals surface area contributed by atoms with Crippen molar-refractivity contribution in [3.8, 4) is 24.3 Å². The van der Waals surface area contributed by atoms with Gasteiger partial charge in [0.15, 0.2) is 0 Å². The molecule has 0 spiro atoms. The van der Waals surface area contributed by atoms with Crippen LogP contribution >= 0.6 is 22.7 Å². The van der Waals surface area contributed by atoms with E-state index in [0.717, 1.165) is 25.7 Å². The van der Waals surface area contributed by atoms with Crippen molar-refractivity contribution in [3.63, 3.8) is 0 Å². The van der Waals surface area contributed by atoms with Crippen molar-refractivity contribution in [2.75, 3.05) is 13.1 Å². The molecular formula is C68H102N6O2S2. The Balaban J connectivity index is 1.64. The average molecular weight is 1100 g/mol. The number of carbonyl (C=O) groups excluding carboxylic acids is 2. The van der Waals surface area contributed by atoms with E-state index in [1.54, 1.807) is 12.1 Å². The third-order valence-electron chi connectivity index (χ3n) is 16.7. The number of carbonyl (C=O) groups is 2. The van der Waals surface area contributed by atoms with Crippen molar-refractivity contribution < 1.29 is 9.59 Å². The molecule has 0 aromatic carbocycles. The van der Waals surface area contributed by atoms with E-state index in [0.29, 0.717) is 65.6 Å². The van der Waals surface area contributed by atoms with Crippen LogP contribution in [0.2, 0.25) is 0 Å². The van der Waals surface area contributed by atoms with Gasteiger partial charge in [0.05, 0.1) is 40.7 Å². The standard InChI is InChI=1S/C68H102N6O2S2/c1-5-9-13-17-21-25-29-33-39-55(40-34-30-26-22-18-14-10-6-2)43-37-49-73-65(61-47-45-59(77-61)57(51-69)52-70)63-64(67(73)75)66(62-48-46-60(78-62)58(53-71)54-72)74(68(63)76)50-38-44-56(41-35-31-27-23-19-15-11-7-3)42-36-32-28-24-20-16-12-8-4/h45-48,55-56H,5-44,49-50H2,1-4H3/b65-61-,66-62+. The van der Waals surface area contributed by atoms with Crippen LogP contribution in [0.15, 0.2) is 35.4 Å². The fourth-order valence-corrected chi connectivity index (χ4v) is 14.0. The summed E-state index contributed by atoms with van der Waals surface area (Å²) in [6.45, 7) is 10.0. The summed E-state index contributed by atoms with van der Waals surface area (Å²) in [5.41, 5.74) is 1.96. The third kappa shape index (κ3) is 22.6. The highest BCUT2D eigenvalue weighted by Gasteiger charge is 2.49. The monoisotopic (exact) mass is 1100 g/mol. The Morgan fingerprint density at radius 1 is 0.372 bits per heavy atom. The van der Waals surface area contributed by atoms with Crippen molar-refractivity contribution in [2.24, 2.45) is 11.8 Å². The molecule has 2 aliphatic heterocycles. The lowest BCUT2D eigenvalue weighted by Gasteiger charge is -2.27. The molecule has 0 N–H and O–H groups in total. The van der Waals surface area contributed by atoms with Gasteiger partial charge in [-0.25, -0.2) is 0 Å². The van der Waals surface area contributed by atoms with Crippen molar-refractivity contribution in [2.45, 2.75) is 285 Å². The molecule has 2 aromatic heterocycles. The van der Waals surface area contributed by atoms with Gasteiger partial charge in [0.1, 0.15) is 35.4 Å². The van der Waals surface area contributed by atoms with Crippen molar-refractivity contribution in [1.29, 1.82) is 21.0 Å². The van der Waals surface area contributed by atoms with Crippen molar-refractivity contribution in [3.05, 3.63) is 53.5 Å². The van der Waals surface area contributed by atoms with E-state index < -0.39 is 0 Å². The van der Waals surface area contributed by atoms with Gasteiger partial charge in [-0.3, -0.25) is 9.59 Å². The first-order chi connectivity index (χ1) is 38.3. The lowest BCUT2D eigenvalue weighted by atomic mass is 9.90. The number of amides is 2. The molecule has 0 aliphatic carbocycles. The molecule has 2 amide bonds. The topological polar surface area (TPSA) is 136 Å². The van der Waals surface area contributed by atoms with Crippen LogP contribution in [-0.4, -0.2) is 34.7 Å². The predicted molar refractivity (Wildman–Crippen MR) is 328 cm³/mol. The van der Waals surface area contributed by atoms with E-state index in [4.69, 9.17) is 0 Å². The van der Waals surface area contributed by atoms with Crippen molar-refractivity contribution >= 4 is 57.0 Å². The van der Waals surface area contributed by atoms with Crippen LogP contribution in [0.4, 0.5) is 0 Å². The van der Waals surface area contributed by atoms with Crippen LogP contribution in [0.1, 0.15) is 285 Å². The SMILES string of the molecule is CCCCCCCCCCC(CCCCCCCCCC)CCCN1C(=O)C2=C(C(=O)N(CCCC(CCCCCCCCCC)CCCCCCCCCC)/C2=c2\ccc(=C(C#N)C#N)s2)/C1=c1\ccc(=C(C#N)C#N)s1. The molecule has 0 saturated carbocycles. The van der Waals surface area contributed by atoms with E-state index >= 15 is 9.59 Å². The van der Waals surface area contributed by atoms with Crippen LogP contribution in [0, 0.1) is 57.2 Å². The summed E-state index contributed by atoms with van der Waals surface area (Å²) in [6.07, 6.45) is 50.0. The maximum absolute atomic E-state index is 15.4. The summed E-state index contributed by atoms with van der Waals surface area (Å²) in [6, 6.07) is 15.5. The first-order valence-electron chi connectivity index (χ1n) is 32.0. The zero-order valence-corrected chi connectivity index (χ0v) is 51.1. The number of hydrogen-bond acceptors (Lipinski definition) is 8. The Morgan fingerprint density at radius 2 is 0.615 bits per heavy atom. The molecule has 78 heavy (non-hydrogen) atoms. The normalized spacial score (nSPS) is 14.7. The minimum absolute atomic E-state index is 0.00923. The van der Waals surface area contributed by atoms with E-state index in [1.165, 1.54) is 254 Å². The summed E-state index contributed by atoms with van der Waals surface area (Å²) < 4.78 is 2.43. The molecule has 4 rings (SSSR count). The molecule has 0 bridgehead atoms. The highest BCUT2D eigenvalue weighted by molar-refractivity contribution is 7.08. The molecule has 0 saturated heterocycles. The molecule has 4 heterocycles. The predicted octanol–water partition coefficient (Wildman–Crippen LogP) is 17.0. The maximum Gasteiger partial charge on any atom is 0.261 e. The third-order valence-corrected chi connectivity index (χ3v) is 18.9. The van der Waals surface area contributed by atoms with Gasteiger partial charge in [-0.15, -0.1) is 22.7 Å². The minimum atomic E-state index is -0.199. The maximum atomic E-state index is 15.4. The Hall–Kier alpha value is -4.48. The quantitative estimate of drug-likeness (QED) is 0.0606. The Labute approximate surface area is 482 Å². The van der Waals surface area contributed by atoms with Crippen molar-refractivity contribution in [1.82, 2.24) is 9.80 Å². The smallest absolute Gasteiger partial charge is 0.261 e. The van der Waals surface area contributed by atoms with Gasteiger partial charge >= 0.3 is 0 Å². The molecule has 0 radical (unpaired) electrons. The molecule has 10 heteroatoms. The lowest BCUT2D eigenvalue weighted by Crippen LogP contribution is -2.37. The molecule has 8 nitrogen and oxygen atoms in total. The fraction of sp³-hybridized carbons (Fsp3) is 0.706. The van der Waals surface area contributed by atoms with Gasteiger partial charge in [-0.1, -0.05) is 259 Å². The zero-order valence-electron chi connectivity index (χ0n) is 49.5. The van der Waals surface area contributed by atoms with Gasteiger partial charge in [0.2, 0.25) is 0 Å². The molecule has 0 fully saturated rings. The van der Waals surface area contributed by atoms with Gasteiger partial charge in [0, 0.05) is 13.1 Å². The Bertz CT molecular complexity index is 2290. The highest BCUT2D eigenvalue weighted by atomic mass is 32.1. The summed E-state index contributed by atoms with van der Waals surface area (Å²) in [7, 11) is 0. The number of hydrogen-bond donors (Lipinski definition) is 0. The second-order valence-corrected chi connectivity index (χ2v) is 25.1. The number of nitrogens with zero attached hydrogens (tertiary/aromatic N) is 6. The summed E-state index contributed by atoms with van der Waals surface area (Å²) in [5.74, 6) is 0.755. The summed E-state index contributed by atoms with van der Waals surface area (Å²) in [5, 5.41) is 39.6. The first kappa shape index (κ1) is 66.0. The number of unbranched alkanes of at least 4 members (excludes halogenated alkanes) is 28. The molecular weight excluding hydrogens is 997 g/mol.